The Morgan fingerprint density at radius 1 is 0.808 bits per heavy atom. The van der Waals surface area contributed by atoms with Crippen LogP contribution < -0.4 is 0 Å². The van der Waals surface area contributed by atoms with Gasteiger partial charge in [-0.2, -0.15) is 0 Å². The molecule has 0 unspecified atom stereocenters. The fraction of sp³-hybridized carbons (Fsp3) is 0.652. The summed E-state index contributed by atoms with van der Waals surface area (Å²) in [6, 6.07) is 2.44. The molecule has 6 atom stereocenters. The first-order valence-electron chi connectivity index (χ1n) is 10.3. The van der Waals surface area contributed by atoms with E-state index >= 15 is 0 Å². The highest BCUT2D eigenvalue weighted by Gasteiger charge is 2.44. The fourth-order valence-electron chi connectivity index (χ4n) is 6.39. The summed E-state index contributed by atoms with van der Waals surface area (Å²) in [4.78, 5) is 0. The molecule has 0 heterocycles. The number of hydrogen-bond donors (Lipinski definition) is 0. The summed E-state index contributed by atoms with van der Waals surface area (Å²) < 4.78 is 40.5. The third-order valence-electron chi connectivity index (χ3n) is 7.52. The standard InChI is InChI=1S/C23H29F3/c1-2-3-14-4-8-19-16(10-14)5-6-17-11-15(7-9-20(17)19)18-12-21(24)23(26)22(25)13-18/h2-3,12-17,19-20H,4-11H2,1H3/t14-,15-,16-,17+,19+,20+/m1/s1. The van der Waals surface area contributed by atoms with Gasteiger partial charge in [-0.15, -0.1) is 0 Å². The Bertz CT molecular complexity index is 657. The van der Waals surface area contributed by atoms with Crippen molar-refractivity contribution in [1.82, 2.24) is 0 Å². The largest absolute Gasteiger partial charge is 0.204 e. The van der Waals surface area contributed by atoms with Crippen LogP contribution in [0.25, 0.3) is 0 Å². The van der Waals surface area contributed by atoms with Crippen LogP contribution in [-0.2, 0) is 0 Å². The Balaban J connectivity index is 1.45. The van der Waals surface area contributed by atoms with E-state index in [1.54, 1.807) is 0 Å². The molecule has 3 aliphatic carbocycles. The fourth-order valence-corrected chi connectivity index (χ4v) is 6.39. The molecule has 0 nitrogen and oxygen atoms in total. The Morgan fingerprint density at radius 3 is 2.08 bits per heavy atom. The SMILES string of the molecule is CC=C[C@@H]1CC[C@H]2[C@H](CC[C@H]3C[C@H](c4cc(F)c(F)c(F)c4)CC[C@@H]32)C1. The van der Waals surface area contributed by atoms with E-state index in [0.717, 1.165) is 42.9 Å². The molecule has 4 rings (SSSR count). The number of rotatable bonds is 2. The maximum atomic E-state index is 13.6. The van der Waals surface area contributed by atoms with E-state index in [9.17, 15) is 13.2 Å². The molecule has 0 aromatic heterocycles. The topological polar surface area (TPSA) is 0 Å². The predicted octanol–water partition coefficient (Wildman–Crippen LogP) is 7.01. The maximum absolute atomic E-state index is 13.6. The van der Waals surface area contributed by atoms with Crippen molar-refractivity contribution >= 4 is 0 Å². The maximum Gasteiger partial charge on any atom is 0.194 e. The smallest absolute Gasteiger partial charge is 0.194 e. The van der Waals surface area contributed by atoms with Crippen molar-refractivity contribution < 1.29 is 13.2 Å². The van der Waals surface area contributed by atoms with Crippen molar-refractivity contribution in [2.24, 2.45) is 29.6 Å². The molecule has 3 fully saturated rings. The molecule has 3 heteroatoms. The molecular weight excluding hydrogens is 333 g/mol. The van der Waals surface area contributed by atoms with Gasteiger partial charge in [0.25, 0.3) is 0 Å². The summed E-state index contributed by atoms with van der Waals surface area (Å²) in [7, 11) is 0. The molecule has 0 amide bonds. The molecule has 26 heavy (non-hydrogen) atoms. The van der Waals surface area contributed by atoms with Gasteiger partial charge in [-0.3, -0.25) is 0 Å². The minimum Gasteiger partial charge on any atom is -0.204 e. The summed E-state index contributed by atoms with van der Waals surface area (Å²) in [5.74, 6) is 0.663. The van der Waals surface area contributed by atoms with Crippen molar-refractivity contribution in [2.45, 2.75) is 64.2 Å². The van der Waals surface area contributed by atoms with Crippen molar-refractivity contribution in [3.05, 3.63) is 47.3 Å². The normalized spacial score (nSPS) is 37.4. The van der Waals surface area contributed by atoms with Gasteiger partial charge in [-0.05, 0) is 111 Å². The van der Waals surface area contributed by atoms with Crippen LogP contribution in [0.2, 0.25) is 0 Å². The zero-order valence-corrected chi connectivity index (χ0v) is 15.6. The molecule has 1 aromatic rings. The number of fused-ring (bicyclic) bond motifs is 3. The van der Waals surface area contributed by atoms with Crippen LogP contribution in [-0.4, -0.2) is 0 Å². The van der Waals surface area contributed by atoms with Crippen LogP contribution in [0.3, 0.4) is 0 Å². The van der Waals surface area contributed by atoms with E-state index in [2.05, 4.69) is 19.1 Å². The number of halogens is 3. The van der Waals surface area contributed by atoms with E-state index < -0.39 is 17.5 Å². The lowest BCUT2D eigenvalue weighted by Crippen LogP contribution is -2.41. The quantitative estimate of drug-likeness (QED) is 0.392. The summed E-state index contributed by atoms with van der Waals surface area (Å²) in [6.45, 7) is 2.12. The minimum absolute atomic E-state index is 0.178. The molecule has 0 radical (unpaired) electrons. The van der Waals surface area contributed by atoms with Gasteiger partial charge in [0.15, 0.2) is 17.5 Å². The van der Waals surface area contributed by atoms with Crippen LogP contribution in [0.4, 0.5) is 13.2 Å². The minimum atomic E-state index is -1.35. The Hall–Kier alpha value is -1.25. The Kier molecular flexibility index (Phi) is 5.16. The van der Waals surface area contributed by atoms with Crippen molar-refractivity contribution in [3.8, 4) is 0 Å². The first-order chi connectivity index (χ1) is 12.6. The van der Waals surface area contributed by atoms with E-state index in [1.165, 1.54) is 44.2 Å². The van der Waals surface area contributed by atoms with Gasteiger partial charge in [0, 0.05) is 0 Å². The molecular formula is C23H29F3. The summed E-state index contributed by atoms with van der Waals surface area (Å²) >= 11 is 0. The number of hydrogen-bond acceptors (Lipinski definition) is 0. The van der Waals surface area contributed by atoms with E-state index in [0.29, 0.717) is 11.5 Å². The molecule has 3 aliphatic rings. The van der Waals surface area contributed by atoms with Gasteiger partial charge < -0.3 is 0 Å². The monoisotopic (exact) mass is 362 g/mol. The highest BCUT2D eigenvalue weighted by molar-refractivity contribution is 5.24. The van der Waals surface area contributed by atoms with Gasteiger partial charge in [0.2, 0.25) is 0 Å². The molecule has 0 aliphatic heterocycles. The molecule has 1 aromatic carbocycles. The van der Waals surface area contributed by atoms with Crippen LogP contribution >= 0.6 is 0 Å². The van der Waals surface area contributed by atoms with Crippen LogP contribution in [0.15, 0.2) is 24.3 Å². The highest BCUT2D eigenvalue weighted by atomic mass is 19.2. The van der Waals surface area contributed by atoms with Crippen LogP contribution in [0.1, 0.15) is 69.8 Å². The zero-order valence-electron chi connectivity index (χ0n) is 15.6. The average Bonchev–Trinajstić information content (AvgIpc) is 2.65. The second-order valence-corrected chi connectivity index (χ2v) is 8.83. The predicted molar refractivity (Wildman–Crippen MR) is 98.3 cm³/mol. The lowest BCUT2D eigenvalue weighted by atomic mass is 9.55. The summed E-state index contributed by atoms with van der Waals surface area (Å²) in [5.41, 5.74) is 0.652. The second kappa shape index (κ2) is 7.40. The Morgan fingerprint density at radius 2 is 1.42 bits per heavy atom. The second-order valence-electron chi connectivity index (χ2n) is 8.83. The molecule has 142 valence electrons. The molecule has 0 saturated heterocycles. The highest BCUT2D eigenvalue weighted by Crippen LogP contribution is 2.54. The van der Waals surface area contributed by atoms with E-state index in [4.69, 9.17) is 0 Å². The average molecular weight is 362 g/mol. The van der Waals surface area contributed by atoms with Gasteiger partial charge in [-0.25, -0.2) is 13.2 Å². The molecule has 0 spiro atoms. The molecule has 0 N–H and O–H groups in total. The van der Waals surface area contributed by atoms with Crippen molar-refractivity contribution in [1.29, 1.82) is 0 Å². The third kappa shape index (κ3) is 3.34. The lowest BCUT2D eigenvalue weighted by Gasteiger charge is -2.50. The molecule has 3 saturated carbocycles. The van der Waals surface area contributed by atoms with Gasteiger partial charge in [-0.1, -0.05) is 12.2 Å². The van der Waals surface area contributed by atoms with Crippen LogP contribution in [0.5, 0.6) is 0 Å². The Labute approximate surface area is 154 Å². The van der Waals surface area contributed by atoms with Gasteiger partial charge >= 0.3 is 0 Å². The summed E-state index contributed by atoms with van der Waals surface area (Å²) in [5, 5.41) is 0. The van der Waals surface area contributed by atoms with Crippen molar-refractivity contribution in [2.75, 3.05) is 0 Å². The zero-order chi connectivity index (χ0) is 18.3. The summed E-state index contributed by atoms with van der Waals surface area (Å²) in [6.07, 6.45) is 14.3. The van der Waals surface area contributed by atoms with Crippen LogP contribution in [0, 0.1) is 47.0 Å². The van der Waals surface area contributed by atoms with Crippen molar-refractivity contribution in [3.63, 3.8) is 0 Å². The first-order valence-corrected chi connectivity index (χ1v) is 10.3. The number of allylic oxidation sites excluding steroid dienone is 2. The van der Waals surface area contributed by atoms with Gasteiger partial charge in [0.1, 0.15) is 0 Å². The van der Waals surface area contributed by atoms with E-state index in [1.807, 2.05) is 0 Å². The van der Waals surface area contributed by atoms with Gasteiger partial charge in [0.05, 0.1) is 0 Å². The first kappa shape index (κ1) is 18.1. The van der Waals surface area contributed by atoms with E-state index in [-0.39, 0.29) is 5.92 Å². The lowest BCUT2D eigenvalue weighted by molar-refractivity contribution is 0.0127. The number of benzene rings is 1. The third-order valence-corrected chi connectivity index (χ3v) is 7.52. The molecule has 0 bridgehead atoms.